The van der Waals surface area contributed by atoms with Gasteiger partial charge in [-0.05, 0) is 45.4 Å². The van der Waals surface area contributed by atoms with Gasteiger partial charge in [0.05, 0.1) is 37.4 Å². The van der Waals surface area contributed by atoms with Crippen LogP contribution in [0.3, 0.4) is 0 Å². The fourth-order valence-corrected chi connectivity index (χ4v) is 6.20. The van der Waals surface area contributed by atoms with Crippen LogP contribution in [0.25, 0.3) is 0 Å². The average molecular weight is 513 g/mol. The first kappa shape index (κ1) is 32.0. The smallest absolute Gasteiger partial charge is 0.306 e. The number of hydrogen-bond acceptors (Lipinski definition) is 6. The second-order valence-corrected chi connectivity index (χ2v) is 11.0. The maximum Gasteiger partial charge on any atom is 0.306 e. The summed E-state index contributed by atoms with van der Waals surface area (Å²) in [6, 6.07) is 0. The molecular weight excluding hydrogens is 460 g/mol. The highest BCUT2D eigenvalue weighted by Gasteiger charge is 2.36. The van der Waals surface area contributed by atoms with E-state index < -0.39 is 6.10 Å². The van der Waals surface area contributed by atoms with Crippen molar-refractivity contribution in [3.63, 3.8) is 0 Å². The molecule has 204 valence electrons. The minimum absolute atomic E-state index is 0.0645. The van der Waals surface area contributed by atoms with Crippen LogP contribution in [0, 0.1) is 5.92 Å². The van der Waals surface area contributed by atoms with E-state index in [1.54, 1.807) is 18.7 Å². The minimum atomic E-state index is -0.594. The van der Waals surface area contributed by atoms with Crippen molar-refractivity contribution in [2.75, 3.05) is 19.0 Å². The summed E-state index contributed by atoms with van der Waals surface area (Å²) in [4.78, 5) is 23.8. The topological polar surface area (TPSA) is 72.8 Å². The maximum absolute atomic E-state index is 12.0. The normalized spacial score (nSPS) is 21.3. The molecule has 1 aliphatic carbocycles. The largest absolute Gasteiger partial charge is 0.466 e. The molecule has 0 bridgehead atoms. The van der Waals surface area contributed by atoms with Crippen molar-refractivity contribution in [3.05, 3.63) is 11.6 Å². The van der Waals surface area contributed by atoms with Crippen LogP contribution in [0.1, 0.15) is 124 Å². The highest BCUT2D eigenvalue weighted by molar-refractivity contribution is 8.00. The molecule has 0 spiro atoms. The van der Waals surface area contributed by atoms with Gasteiger partial charge in [-0.15, -0.1) is 0 Å². The lowest BCUT2D eigenvalue weighted by molar-refractivity contribution is -0.145. The van der Waals surface area contributed by atoms with Crippen LogP contribution in [-0.4, -0.2) is 47.4 Å². The van der Waals surface area contributed by atoms with Crippen molar-refractivity contribution < 1.29 is 24.2 Å². The van der Waals surface area contributed by atoms with E-state index in [0.29, 0.717) is 25.4 Å². The molecule has 1 N–H and O–H groups in total. The minimum Gasteiger partial charge on any atom is -0.466 e. The van der Waals surface area contributed by atoms with Crippen molar-refractivity contribution in [1.29, 1.82) is 0 Å². The standard InChI is InChI=1S/C29H52O5S/c1-4-7-8-9-10-11-12-13-14-15-16-17-18-24-19-20-25(23-27(31)34-6-3)28(32)29(24)35-22-21-26(30)33-5-2/h18,25,28-29,32H,4-17,19-23H2,1-3H3/t25-,28-,29-/m0/s1. The van der Waals surface area contributed by atoms with Gasteiger partial charge < -0.3 is 14.6 Å². The molecule has 0 unspecified atom stereocenters. The Morgan fingerprint density at radius 1 is 0.886 bits per heavy atom. The van der Waals surface area contributed by atoms with Crippen LogP contribution >= 0.6 is 11.8 Å². The molecule has 0 heterocycles. The first-order chi connectivity index (χ1) is 17.0. The van der Waals surface area contributed by atoms with Crippen molar-refractivity contribution in [1.82, 2.24) is 0 Å². The van der Waals surface area contributed by atoms with E-state index in [4.69, 9.17) is 9.47 Å². The third-order valence-corrected chi connectivity index (χ3v) is 8.20. The summed E-state index contributed by atoms with van der Waals surface area (Å²) in [7, 11) is 0. The summed E-state index contributed by atoms with van der Waals surface area (Å²) < 4.78 is 10.2. The number of aliphatic hydroxyl groups excluding tert-OH is 1. The third kappa shape index (κ3) is 15.0. The van der Waals surface area contributed by atoms with Gasteiger partial charge in [-0.1, -0.05) is 82.8 Å². The number of unbranched alkanes of at least 4 members (excludes halogenated alkanes) is 11. The van der Waals surface area contributed by atoms with E-state index in [2.05, 4.69) is 13.0 Å². The molecular formula is C29H52O5S. The second kappa shape index (κ2) is 21.1. The summed E-state index contributed by atoms with van der Waals surface area (Å²) in [5.74, 6) is 0.0935. The lowest BCUT2D eigenvalue weighted by Gasteiger charge is -2.36. The van der Waals surface area contributed by atoms with E-state index in [0.717, 1.165) is 19.3 Å². The number of carbonyl (C=O) groups excluding carboxylic acids is 2. The van der Waals surface area contributed by atoms with Crippen LogP contribution in [0.15, 0.2) is 11.6 Å². The molecule has 1 aliphatic rings. The molecule has 0 radical (unpaired) electrons. The molecule has 0 aromatic heterocycles. The average Bonchev–Trinajstić information content (AvgIpc) is 2.83. The number of ether oxygens (including phenoxy) is 2. The quantitative estimate of drug-likeness (QED) is 0.104. The van der Waals surface area contributed by atoms with Gasteiger partial charge in [-0.3, -0.25) is 9.59 Å². The summed E-state index contributed by atoms with van der Waals surface area (Å²) >= 11 is 1.62. The Bertz CT molecular complexity index is 592. The van der Waals surface area contributed by atoms with Crippen molar-refractivity contribution >= 4 is 23.7 Å². The van der Waals surface area contributed by atoms with Crippen LogP contribution in [0.5, 0.6) is 0 Å². The molecule has 1 saturated carbocycles. The maximum atomic E-state index is 12.0. The van der Waals surface area contributed by atoms with Crippen LogP contribution in [0.2, 0.25) is 0 Å². The number of hydrogen-bond donors (Lipinski definition) is 1. The van der Waals surface area contributed by atoms with Crippen LogP contribution < -0.4 is 0 Å². The molecule has 5 nitrogen and oxygen atoms in total. The lowest BCUT2D eigenvalue weighted by atomic mass is 9.80. The zero-order chi connectivity index (χ0) is 25.7. The van der Waals surface area contributed by atoms with Crippen molar-refractivity contribution in [2.45, 2.75) is 135 Å². The zero-order valence-electron chi connectivity index (χ0n) is 22.7. The second-order valence-electron chi connectivity index (χ2n) is 9.75. The Kier molecular flexibility index (Phi) is 19.3. The molecule has 0 saturated heterocycles. The lowest BCUT2D eigenvalue weighted by Crippen LogP contribution is -2.38. The molecule has 1 fully saturated rings. The number of thioether (sulfide) groups is 1. The van der Waals surface area contributed by atoms with Gasteiger partial charge in [0, 0.05) is 5.75 Å². The zero-order valence-corrected chi connectivity index (χ0v) is 23.5. The summed E-state index contributed by atoms with van der Waals surface area (Å²) in [6.07, 6.45) is 19.8. The highest BCUT2D eigenvalue weighted by atomic mass is 32.2. The van der Waals surface area contributed by atoms with E-state index in [9.17, 15) is 14.7 Å². The number of carbonyl (C=O) groups is 2. The predicted molar refractivity (Wildman–Crippen MR) is 147 cm³/mol. The molecule has 35 heavy (non-hydrogen) atoms. The van der Waals surface area contributed by atoms with Gasteiger partial charge in [-0.2, -0.15) is 11.8 Å². The Morgan fingerprint density at radius 3 is 2.06 bits per heavy atom. The molecule has 1 rings (SSSR count). The van der Waals surface area contributed by atoms with Gasteiger partial charge >= 0.3 is 11.9 Å². The Morgan fingerprint density at radius 2 is 1.46 bits per heavy atom. The van der Waals surface area contributed by atoms with Crippen LogP contribution in [0.4, 0.5) is 0 Å². The summed E-state index contributed by atoms with van der Waals surface area (Å²) in [6.45, 7) is 6.63. The van der Waals surface area contributed by atoms with Gasteiger partial charge in [0.2, 0.25) is 0 Å². The number of esters is 2. The SMILES string of the molecule is CCCCCCCCCCCCCC=C1CC[C@@H](CC(=O)OCC)[C@H](O)[C@H]1SCCC(=O)OCC. The Balaban J connectivity index is 2.44. The van der Waals surface area contributed by atoms with Crippen LogP contribution in [-0.2, 0) is 19.1 Å². The Hall–Kier alpha value is -1.01. The number of aliphatic hydroxyl groups is 1. The molecule has 0 aromatic rings. The molecule has 0 aromatic carbocycles. The van der Waals surface area contributed by atoms with E-state index in [1.807, 2.05) is 6.92 Å². The van der Waals surface area contributed by atoms with E-state index in [1.165, 1.54) is 76.2 Å². The predicted octanol–water partition coefficient (Wildman–Crippen LogP) is 7.39. The first-order valence-corrected chi connectivity index (χ1v) is 15.4. The fourth-order valence-electron chi connectivity index (χ4n) is 4.81. The third-order valence-electron chi connectivity index (χ3n) is 6.82. The summed E-state index contributed by atoms with van der Waals surface area (Å²) in [5.41, 5.74) is 1.28. The number of rotatable bonds is 20. The fraction of sp³-hybridized carbons (Fsp3) is 0.862. The van der Waals surface area contributed by atoms with Gasteiger partial charge in [0.15, 0.2) is 0 Å². The van der Waals surface area contributed by atoms with E-state index >= 15 is 0 Å². The van der Waals surface area contributed by atoms with Crippen molar-refractivity contribution in [2.24, 2.45) is 5.92 Å². The van der Waals surface area contributed by atoms with Gasteiger partial charge in [0.25, 0.3) is 0 Å². The van der Waals surface area contributed by atoms with Gasteiger partial charge in [-0.25, -0.2) is 0 Å². The van der Waals surface area contributed by atoms with Gasteiger partial charge in [0.1, 0.15) is 0 Å². The molecule has 0 amide bonds. The number of allylic oxidation sites excluding steroid dienone is 1. The molecule has 0 aliphatic heterocycles. The molecule has 3 atom stereocenters. The Labute approximate surface area is 219 Å². The van der Waals surface area contributed by atoms with Crippen molar-refractivity contribution in [3.8, 4) is 0 Å². The highest BCUT2D eigenvalue weighted by Crippen LogP contribution is 2.39. The van der Waals surface area contributed by atoms with E-state index in [-0.39, 0.29) is 29.5 Å². The molecule has 6 heteroatoms. The first-order valence-electron chi connectivity index (χ1n) is 14.3. The monoisotopic (exact) mass is 512 g/mol. The summed E-state index contributed by atoms with van der Waals surface area (Å²) in [5, 5.41) is 11.0.